The van der Waals surface area contributed by atoms with E-state index >= 15 is 0 Å². The molecule has 0 aliphatic heterocycles. The molecule has 0 aliphatic rings. The molecule has 0 saturated heterocycles. The van der Waals surface area contributed by atoms with Crippen molar-refractivity contribution in [1.82, 2.24) is 15.0 Å². The van der Waals surface area contributed by atoms with Gasteiger partial charge in [-0.3, -0.25) is 0 Å². The van der Waals surface area contributed by atoms with Crippen molar-refractivity contribution in [3.8, 4) is 0 Å². The summed E-state index contributed by atoms with van der Waals surface area (Å²) in [6.45, 7) is 6.68. The summed E-state index contributed by atoms with van der Waals surface area (Å²) in [5.74, 6) is 0. The average Bonchev–Trinajstić information content (AvgIpc) is 2.88. The molecule has 3 aromatic rings. The predicted octanol–water partition coefficient (Wildman–Crippen LogP) is 4.41. The second-order valence-corrected chi connectivity index (χ2v) is 6.86. The first-order valence-corrected chi connectivity index (χ1v) is 7.42. The number of benzene rings is 1. The molecule has 0 atom stereocenters. The molecule has 20 heavy (non-hydrogen) atoms. The van der Waals surface area contributed by atoms with Gasteiger partial charge in [-0.2, -0.15) is 0 Å². The fraction of sp³-hybridized carbons (Fsp3) is 0.250. The van der Waals surface area contributed by atoms with Gasteiger partial charge in [0.25, 0.3) is 0 Å². The Morgan fingerprint density at radius 1 is 1.00 bits per heavy atom. The van der Waals surface area contributed by atoms with Gasteiger partial charge in [-0.1, -0.05) is 44.7 Å². The van der Waals surface area contributed by atoms with Gasteiger partial charge in [-0.15, -0.1) is 0 Å². The molecule has 4 heteroatoms. The monoisotopic (exact) mass is 283 g/mol. The Morgan fingerprint density at radius 2 is 1.75 bits per heavy atom. The number of aromatic amines is 1. The van der Waals surface area contributed by atoms with Gasteiger partial charge in [-0.05, 0) is 29.2 Å². The van der Waals surface area contributed by atoms with Crippen molar-refractivity contribution >= 4 is 22.8 Å². The second-order valence-electron chi connectivity index (χ2n) is 5.80. The van der Waals surface area contributed by atoms with E-state index in [1.54, 1.807) is 18.1 Å². The van der Waals surface area contributed by atoms with Crippen LogP contribution in [0.15, 0.2) is 52.8 Å². The summed E-state index contributed by atoms with van der Waals surface area (Å²) < 4.78 is 0. The Kier molecular flexibility index (Phi) is 3.26. The van der Waals surface area contributed by atoms with Gasteiger partial charge in [0.2, 0.25) is 0 Å². The quantitative estimate of drug-likeness (QED) is 0.708. The number of nitrogens with one attached hydrogen (secondary N) is 1. The van der Waals surface area contributed by atoms with Crippen molar-refractivity contribution in [2.24, 2.45) is 0 Å². The molecule has 0 saturated carbocycles. The van der Waals surface area contributed by atoms with E-state index in [1.807, 2.05) is 12.3 Å². The van der Waals surface area contributed by atoms with Crippen LogP contribution in [0, 0.1) is 0 Å². The highest BCUT2D eigenvalue weighted by atomic mass is 32.2. The molecule has 1 N–H and O–H groups in total. The van der Waals surface area contributed by atoms with E-state index in [2.05, 4.69) is 60.0 Å². The molecule has 0 fully saturated rings. The van der Waals surface area contributed by atoms with E-state index in [0.29, 0.717) is 0 Å². The van der Waals surface area contributed by atoms with Crippen molar-refractivity contribution in [3.63, 3.8) is 0 Å². The molecule has 2 heterocycles. The number of H-pyrrole nitrogens is 1. The third-order valence-electron chi connectivity index (χ3n) is 3.25. The van der Waals surface area contributed by atoms with Crippen LogP contribution in [0.1, 0.15) is 26.3 Å². The Hall–Kier alpha value is -1.81. The fourth-order valence-electron chi connectivity index (χ4n) is 2.06. The Balaban J connectivity index is 1.90. The molecule has 0 amide bonds. The molecule has 102 valence electrons. The normalized spacial score (nSPS) is 11.9. The lowest BCUT2D eigenvalue weighted by Gasteiger charge is -2.19. The number of rotatable bonds is 2. The van der Waals surface area contributed by atoms with Crippen LogP contribution < -0.4 is 0 Å². The van der Waals surface area contributed by atoms with Crippen LogP contribution in [0.5, 0.6) is 0 Å². The summed E-state index contributed by atoms with van der Waals surface area (Å²) in [7, 11) is 0. The molecule has 0 aliphatic carbocycles. The SMILES string of the molecule is CC(C)(C)c1ccc(Sc2ncnc3[nH]ccc23)cc1. The third kappa shape index (κ3) is 2.56. The summed E-state index contributed by atoms with van der Waals surface area (Å²) >= 11 is 1.67. The topological polar surface area (TPSA) is 41.6 Å². The van der Waals surface area contributed by atoms with E-state index < -0.39 is 0 Å². The molecular formula is C16H17N3S. The summed E-state index contributed by atoms with van der Waals surface area (Å²) in [5, 5.41) is 2.05. The molecule has 2 aromatic heterocycles. The van der Waals surface area contributed by atoms with Crippen LogP contribution in [0.4, 0.5) is 0 Å². The molecule has 1 aromatic carbocycles. The zero-order valence-corrected chi connectivity index (χ0v) is 12.7. The summed E-state index contributed by atoms with van der Waals surface area (Å²) in [6.07, 6.45) is 3.50. The van der Waals surface area contributed by atoms with Gasteiger partial charge in [0, 0.05) is 11.1 Å². The van der Waals surface area contributed by atoms with Gasteiger partial charge in [0.1, 0.15) is 17.0 Å². The maximum absolute atomic E-state index is 4.38. The maximum atomic E-state index is 4.38. The van der Waals surface area contributed by atoms with Crippen molar-refractivity contribution in [3.05, 3.63) is 48.4 Å². The molecule has 0 unspecified atom stereocenters. The first-order valence-electron chi connectivity index (χ1n) is 6.60. The highest BCUT2D eigenvalue weighted by molar-refractivity contribution is 7.99. The van der Waals surface area contributed by atoms with Gasteiger partial charge >= 0.3 is 0 Å². The number of hydrogen-bond acceptors (Lipinski definition) is 3. The number of fused-ring (bicyclic) bond motifs is 1. The van der Waals surface area contributed by atoms with Crippen molar-refractivity contribution in [1.29, 1.82) is 0 Å². The Labute approximate surface area is 122 Å². The number of aromatic nitrogens is 3. The standard InChI is InChI=1S/C16H17N3S/c1-16(2,3)11-4-6-12(7-5-11)20-15-13-8-9-17-14(13)18-10-19-15/h4-10H,1-3H3,(H,17,18,19). The average molecular weight is 283 g/mol. The molecule has 0 bridgehead atoms. The third-order valence-corrected chi connectivity index (χ3v) is 4.28. The lowest BCUT2D eigenvalue weighted by Crippen LogP contribution is -2.10. The fourth-order valence-corrected chi connectivity index (χ4v) is 2.93. The lowest BCUT2D eigenvalue weighted by molar-refractivity contribution is 0.590. The second kappa shape index (κ2) is 4.94. The minimum atomic E-state index is 0.187. The van der Waals surface area contributed by atoms with Gasteiger partial charge in [0.05, 0.1) is 5.39 Å². The highest BCUT2D eigenvalue weighted by Gasteiger charge is 2.13. The number of hydrogen-bond donors (Lipinski definition) is 1. The van der Waals surface area contributed by atoms with E-state index in [4.69, 9.17) is 0 Å². The van der Waals surface area contributed by atoms with E-state index in [0.717, 1.165) is 16.1 Å². The van der Waals surface area contributed by atoms with Crippen LogP contribution in [-0.4, -0.2) is 15.0 Å². The van der Waals surface area contributed by atoms with Crippen LogP contribution in [-0.2, 0) is 5.41 Å². The van der Waals surface area contributed by atoms with Crippen LogP contribution in [0.2, 0.25) is 0 Å². The molecule has 3 rings (SSSR count). The maximum Gasteiger partial charge on any atom is 0.141 e. The van der Waals surface area contributed by atoms with E-state index in [-0.39, 0.29) is 5.41 Å². The van der Waals surface area contributed by atoms with Gasteiger partial charge in [0.15, 0.2) is 0 Å². The lowest BCUT2D eigenvalue weighted by atomic mass is 9.87. The zero-order valence-electron chi connectivity index (χ0n) is 11.8. The zero-order chi connectivity index (χ0) is 14.2. The van der Waals surface area contributed by atoms with Crippen LogP contribution in [0.25, 0.3) is 11.0 Å². The van der Waals surface area contributed by atoms with Crippen LogP contribution in [0.3, 0.4) is 0 Å². The summed E-state index contributed by atoms with van der Waals surface area (Å²) in [4.78, 5) is 12.9. The molecule has 0 radical (unpaired) electrons. The molecular weight excluding hydrogens is 266 g/mol. The summed E-state index contributed by atoms with van der Waals surface area (Å²) in [5.41, 5.74) is 2.41. The Bertz CT molecular complexity index is 723. The van der Waals surface area contributed by atoms with Crippen molar-refractivity contribution in [2.75, 3.05) is 0 Å². The minimum absolute atomic E-state index is 0.187. The largest absolute Gasteiger partial charge is 0.346 e. The molecule has 3 nitrogen and oxygen atoms in total. The van der Waals surface area contributed by atoms with Gasteiger partial charge < -0.3 is 4.98 Å². The minimum Gasteiger partial charge on any atom is -0.346 e. The highest BCUT2D eigenvalue weighted by Crippen LogP contribution is 2.32. The number of nitrogens with zero attached hydrogens (tertiary/aromatic N) is 2. The first-order chi connectivity index (χ1) is 9.54. The van der Waals surface area contributed by atoms with Crippen molar-refractivity contribution in [2.45, 2.75) is 36.1 Å². The van der Waals surface area contributed by atoms with Crippen molar-refractivity contribution < 1.29 is 0 Å². The first kappa shape index (κ1) is 13.2. The predicted molar refractivity (Wildman–Crippen MR) is 83.2 cm³/mol. The Morgan fingerprint density at radius 3 is 2.45 bits per heavy atom. The van der Waals surface area contributed by atoms with Gasteiger partial charge in [-0.25, -0.2) is 9.97 Å². The smallest absolute Gasteiger partial charge is 0.141 e. The molecule has 0 spiro atoms. The van der Waals surface area contributed by atoms with E-state index in [1.165, 1.54) is 10.5 Å². The van der Waals surface area contributed by atoms with E-state index in [9.17, 15) is 0 Å². The summed E-state index contributed by atoms with van der Waals surface area (Å²) in [6, 6.07) is 10.7. The van der Waals surface area contributed by atoms with Crippen LogP contribution >= 0.6 is 11.8 Å².